The third kappa shape index (κ3) is 3.84. The van der Waals surface area contributed by atoms with Crippen molar-refractivity contribution < 1.29 is 14.6 Å². The molecule has 1 saturated heterocycles. The van der Waals surface area contributed by atoms with E-state index < -0.39 is 5.97 Å². The van der Waals surface area contributed by atoms with Crippen molar-refractivity contribution in [1.82, 2.24) is 14.9 Å². The molecule has 1 aliphatic carbocycles. The minimum Gasteiger partial charge on any atom is -0.496 e. The smallest absolute Gasteiger partial charge is 0.354 e. The maximum Gasteiger partial charge on any atom is 0.354 e. The van der Waals surface area contributed by atoms with Crippen molar-refractivity contribution >= 4 is 22.7 Å². The molecule has 33 heavy (non-hydrogen) atoms. The first-order valence-corrected chi connectivity index (χ1v) is 11.6. The molecule has 5 rings (SSSR count). The number of methoxy groups -OCH3 is 1. The molecule has 2 fully saturated rings. The molecular weight excluding hydrogens is 416 g/mol. The molecule has 0 radical (unpaired) electrons. The highest BCUT2D eigenvalue weighted by Crippen LogP contribution is 2.59. The van der Waals surface area contributed by atoms with Crippen LogP contribution < -0.4 is 9.64 Å². The van der Waals surface area contributed by atoms with Crippen molar-refractivity contribution in [2.45, 2.75) is 45.2 Å². The van der Waals surface area contributed by atoms with Crippen LogP contribution in [0.2, 0.25) is 0 Å². The summed E-state index contributed by atoms with van der Waals surface area (Å²) in [6.07, 6.45) is 6.83. The van der Waals surface area contributed by atoms with Crippen LogP contribution in [0.25, 0.3) is 10.9 Å². The molecule has 2 aliphatic rings. The van der Waals surface area contributed by atoms with Gasteiger partial charge in [-0.2, -0.15) is 0 Å². The summed E-state index contributed by atoms with van der Waals surface area (Å²) in [6, 6.07) is 8.05. The number of H-pyrrole nitrogens is 1. The van der Waals surface area contributed by atoms with E-state index in [1.807, 2.05) is 31.3 Å². The maximum atomic E-state index is 11.6. The third-order valence-corrected chi connectivity index (χ3v) is 7.55. The number of likely N-dealkylation sites (tertiary alicyclic amines) is 1. The Morgan fingerprint density at radius 2 is 2.09 bits per heavy atom. The van der Waals surface area contributed by atoms with Crippen LogP contribution in [0.3, 0.4) is 0 Å². The molecule has 7 heteroatoms. The summed E-state index contributed by atoms with van der Waals surface area (Å²) in [5.41, 5.74) is 5.13. The van der Waals surface area contributed by atoms with Crippen LogP contribution >= 0.6 is 0 Å². The fourth-order valence-electron chi connectivity index (χ4n) is 5.49. The number of fused-ring (bicyclic) bond motifs is 1. The van der Waals surface area contributed by atoms with Gasteiger partial charge in [-0.1, -0.05) is 6.07 Å². The van der Waals surface area contributed by atoms with E-state index in [2.05, 4.69) is 33.9 Å². The minimum atomic E-state index is -0.997. The molecule has 1 saturated carbocycles. The number of nitrogens with zero attached hydrogens (tertiary/aromatic N) is 3. The van der Waals surface area contributed by atoms with Gasteiger partial charge in [0.25, 0.3) is 0 Å². The first-order chi connectivity index (χ1) is 15.8. The molecule has 0 amide bonds. The van der Waals surface area contributed by atoms with Gasteiger partial charge in [0.05, 0.1) is 7.11 Å². The average Bonchev–Trinajstić information content (AvgIpc) is 3.35. The number of hydrogen-bond acceptors (Lipinski definition) is 5. The first-order valence-electron chi connectivity index (χ1n) is 11.6. The number of aromatic amines is 1. The van der Waals surface area contributed by atoms with Gasteiger partial charge >= 0.3 is 5.97 Å². The molecule has 1 aromatic carbocycles. The van der Waals surface area contributed by atoms with Crippen molar-refractivity contribution in [3.63, 3.8) is 0 Å². The topological polar surface area (TPSA) is 81.7 Å². The second kappa shape index (κ2) is 8.06. The summed E-state index contributed by atoms with van der Waals surface area (Å²) in [5.74, 6) is 0.658. The normalized spacial score (nSPS) is 19.7. The second-order valence-electron chi connectivity index (χ2n) is 9.89. The molecule has 1 aliphatic heterocycles. The molecule has 1 atom stereocenters. The van der Waals surface area contributed by atoms with E-state index in [0.29, 0.717) is 5.41 Å². The zero-order chi connectivity index (χ0) is 23.3. The van der Waals surface area contributed by atoms with Crippen molar-refractivity contribution in [3.05, 3.63) is 52.8 Å². The Bertz CT molecular complexity index is 1210. The molecule has 3 aromatic rings. The Kier molecular flexibility index (Phi) is 5.32. The number of pyridine rings is 1. The lowest BCUT2D eigenvalue weighted by atomic mass is 9.84. The van der Waals surface area contributed by atoms with E-state index in [0.717, 1.165) is 42.2 Å². The number of benzene rings is 1. The van der Waals surface area contributed by atoms with Gasteiger partial charge in [-0.15, -0.1) is 0 Å². The lowest BCUT2D eigenvalue weighted by Gasteiger charge is -2.41. The van der Waals surface area contributed by atoms with Crippen molar-refractivity contribution in [1.29, 1.82) is 0 Å². The third-order valence-electron chi connectivity index (χ3n) is 7.55. The average molecular weight is 449 g/mol. The van der Waals surface area contributed by atoms with Crippen LogP contribution in [-0.4, -0.2) is 53.7 Å². The number of rotatable bonds is 6. The maximum absolute atomic E-state index is 11.6. The number of nitrogens with one attached hydrogen (secondary N) is 1. The second-order valence-corrected chi connectivity index (χ2v) is 9.89. The summed E-state index contributed by atoms with van der Waals surface area (Å²) >= 11 is 0. The number of ether oxygens (including phenoxy) is 1. The molecule has 7 nitrogen and oxygen atoms in total. The van der Waals surface area contributed by atoms with Gasteiger partial charge < -0.3 is 19.7 Å². The monoisotopic (exact) mass is 448 g/mol. The van der Waals surface area contributed by atoms with E-state index in [9.17, 15) is 9.90 Å². The Morgan fingerprint density at radius 1 is 1.30 bits per heavy atom. The van der Waals surface area contributed by atoms with E-state index in [1.165, 1.54) is 35.8 Å². The van der Waals surface area contributed by atoms with Crippen molar-refractivity contribution in [2.24, 2.45) is 5.41 Å². The van der Waals surface area contributed by atoms with E-state index in [-0.39, 0.29) is 11.7 Å². The fourth-order valence-corrected chi connectivity index (χ4v) is 5.49. The summed E-state index contributed by atoms with van der Waals surface area (Å²) in [6.45, 7) is 3.87. The summed E-state index contributed by atoms with van der Waals surface area (Å²) in [5, 5.41) is 10.7. The van der Waals surface area contributed by atoms with Crippen LogP contribution in [0.1, 0.15) is 58.9 Å². The van der Waals surface area contributed by atoms with Gasteiger partial charge in [0.1, 0.15) is 11.6 Å². The standard InChI is InChI=1S/C26H32N4O3/c1-16-13-22(33-4)19(17-7-11-27-23(16)17)15-30-12-10-26(8-9-26)14-21(30)18-5-6-20(25(31)32)28-24(18)29(2)3/h5-7,11,13,21,27H,8-10,12,14-15H2,1-4H3,(H,31,32)/t21-/m0/s1. The van der Waals surface area contributed by atoms with Gasteiger partial charge in [-0.25, -0.2) is 9.78 Å². The molecule has 1 spiro atoms. The fraction of sp³-hybridized carbons (Fsp3) is 0.462. The van der Waals surface area contributed by atoms with Crippen LogP contribution in [0.4, 0.5) is 5.82 Å². The van der Waals surface area contributed by atoms with Crippen LogP contribution in [0.15, 0.2) is 30.5 Å². The molecule has 0 unspecified atom stereocenters. The summed E-state index contributed by atoms with van der Waals surface area (Å²) in [4.78, 5) is 23.9. The summed E-state index contributed by atoms with van der Waals surface area (Å²) < 4.78 is 5.82. The quantitative estimate of drug-likeness (QED) is 0.566. The lowest BCUT2D eigenvalue weighted by Crippen LogP contribution is -2.38. The van der Waals surface area contributed by atoms with Crippen molar-refractivity contribution in [3.8, 4) is 5.75 Å². The van der Waals surface area contributed by atoms with Crippen LogP contribution in [-0.2, 0) is 6.54 Å². The largest absolute Gasteiger partial charge is 0.496 e. The number of anilines is 1. The number of piperidine rings is 1. The highest BCUT2D eigenvalue weighted by atomic mass is 16.5. The van der Waals surface area contributed by atoms with Gasteiger partial charge in [0.15, 0.2) is 5.69 Å². The van der Waals surface area contributed by atoms with Crippen LogP contribution in [0, 0.1) is 12.3 Å². The Hall–Kier alpha value is -3.06. The van der Waals surface area contributed by atoms with Gasteiger partial charge in [-0.3, -0.25) is 4.90 Å². The summed E-state index contributed by atoms with van der Waals surface area (Å²) in [7, 11) is 5.61. The molecule has 174 valence electrons. The highest BCUT2D eigenvalue weighted by Gasteiger charge is 2.49. The van der Waals surface area contributed by atoms with Gasteiger partial charge in [-0.05, 0) is 68.3 Å². The zero-order valence-corrected chi connectivity index (χ0v) is 19.8. The number of aromatic carboxylic acids is 1. The van der Waals surface area contributed by atoms with Crippen molar-refractivity contribution in [2.75, 3.05) is 32.6 Å². The SMILES string of the molecule is COc1cc(C)c2[nH]ccc2c1CN1CCC2(CC2)C[C@H]1c1ccc(C(=O)O)nc1N(C)C. The molecule has 2 aromatic heterocycles. The molecule has 0 bridgehead atoms. The Morgan fingerprint density at radius 3 is 2.76 bits per heavy atom. The number of carboxylic acid groups (broad SMARTS) is 1. The highest BCUT2D eigenvalue weighted by molar-refractivity contribution is 5.88. The number of hydrogen-bond donors (Lipinski definition) is 2. The number of aryl methyl sites for hydroxylation is 1. The van der Waals surface area contributed by atoms with E-state index in [4.69, 9.17) is 4.74 Å². The lowest BCUT2D eigenvalue weighted by molar-refractivity contribution is 0.0689. The first kappa shape index (κ1) is 21.8. The number of carboxylic acids is 1. The van der Waals surface area contributed by atoms with Gasteiger partial charge in [0, 0.05) is 54.9 Å². The Labute approximate surface area is 194 Å². The van der Waals surface area contributed by atoms with Gasteiger partial charge in [0.2, 0.25) is 0 Å². The predicted molar refractivity (Wildman–Crippen MR) is 129 cm³/mol. The predicted octanol–water partition coefficient (Wildman–Crippen LogP) is 4.76. The molecular formula is C26H32N4O3. The molecule has 3 heterocycles. The zero-order valence-electron chi connectivity index (χ0n) is 19.8. The number of carbonyl (C=O) groups is 1. The number of aromatic nitrogens is 2. The Balaban J connectivity index is 1.57. The van der Waals surface area contributed by atoms with Crippen LogP contribution in [0.5, 0.6) is 5.75 Å². The van der Waals surface area contributed by atoms with E-state index in [1.54, 1.807) is 13.2 Å². The minimum absolute atomic E-state index is 0.0835. The molecule has 2 N–H and O–H groups in total. The van der Waals surface area contributed by atoms with E-state index >= 15 is 0 Å².